The van der Waals surface area contributed by atoms with Crippen LogP contribution < -0.4 is 0 Å². The number of ether oxygens (including phenoxy) is 3. The minimum absolute atomic E-state index is 0.0909. The van der Waals surface area contributed by atoms with Gasteiger partial charge in [-0.1, -0.05) is 284 Å². The zero-order chi connectivity index (χ0) is 57.8. The Balaban J connectivity index is 4.22. The first-order valence-corrected chi connectivity index (χ1v) is 33.5. The lowest BCUT2D eigenvalue weighted by atomic mass is 10.0. The molecule has 1 atom stereocenters. The molecular weight excluding hydrogens is 985 g/mol. The van der Waals surface area contributed by atoms with Gasteiger partial charge >= 0.3 is 17.9 Å². The fourth-order valence-electron chi connectivity index (χ4n) is 9.22. The molecule has 0 radical (unpaired) electrons. The number of unbranched alkanes of at least 4 members (excludes halogenated alkanes) is 29. The third-order valence-electron chi connectivity index (χ3n) is 14.2. The maximum atomic E-state index is 12.9. The van der Waals surface area contributed by atoms with Gasteiger partial charge in [0.25, 0.3) is 0 Å². The maximum absolute atomic E-state index is 12.9. The molecule has 0 rings (SSSR count). The van der Waals surface area contributed by atoms with E-state index in [1.165, 1.54) is 135 Å². The second-order valence-electron chi connectivity index (χ2n) is 22.0. The van der Waals surface area contributed by atoms with Gasteiger partial charge in [0.15, 0.2) is 6.10 Å². The number of carbonyl (C=O) groups excluding carboxylic acids is 3. The summed E-state index contributed by atoms with van der Waals surface area (Å²) in [6, 6.07) is 0. The van der Waals surface area contributed by atoms with Gasteiger partial charge < -0.3 is 14.2 Å². The van der Waals surface area contributed by atoms with Crippen LogP contribution in [0.2, 0.25) is 0 Å². The Morgan fingerprint density at radius 1 is 0.263 bits per heavy atom. The van der Waals surface area contributed by atoms with Gasteiger partial charge in [0.05, 0.1) is 0 Å². The van der Waals surface area contributed by atoms with E-state index in [0.29, 0.717) is 19.3 Å². The lowest BCUT2D eigenvalue weighted by Gasteiger charge is -2.18. The summed E-state index contributed by atoms with van der Waals surface area (Å²) in [4.78, 5) is 38.3. The smallest absolute Gasteiger partial charge is 0.306 e. The molecule has 0 N–H and O–H groups in total. The van der Waals surface area contributed by atoms with E-state index in [2.05, 4.69) is 142 Å². The third-order valence-corrected chi connectivity index (χ3v) is 14.2. The highest BCUT2D eigenvalue weighted by Gasteiger charge is 2.19. The van der Waals surface area contributed by atoms with E-state index in [4.69, 9.17) is 14.2 Å². The third kappa shape index (κ3) is 64.6. The molecule has 80 heavy (non-hydrogen) atoms. The molecule has 456 valence electrons. The first-order valence-electron chi connectivity index (χ1n) is 33.5. The zero-order valence-electron chi connectivity index (χ0n) is 52.3. The SMILES string of the molecule is CC/C=C\C/C=C\C/C=C\C/C=C\C/C=C\C/C=C\CCCCCCCCCCCCCCCCC(=O)OCC(COC(=O)CCCCC/C=C\C/C=C\C/C=C\CC)OC(=O)CCCCCCC/C=C\CCCCCCCCC. The van der Waals surface area contributed by atoms with Gasteiger partial charge in [-0.3, -0.25) is 14.4 Å². The topological polar surface area (TPSA) is 78.9 Å². The molecule has 6 heteroatoms. The Kier molecular flexibility index (Phi) is 63.8. The lowest BCUT2D eigenvalue weighted by Crippen LogP contribution is -2.30. The van der Waals surface area contributed by atoms with Crippen molar-refractivity contribution in [3.63, 3.8) is 0 Å². The molecule has 0 spiro atoms. The van der Waals surface area contributed by atoms with Crippen molar-refractivity contribution >= 4 is 17.9 Å². The Bertz CT molecular complexity index is 1650. The molecule has 6 nitrogen and oxygen atoms in total. The van der Waals surface area contributed by atoms with E-state index in [9.17, 15) is 14.4 Å². The fraction of sp³-hybridized carbons (Fsp3) is 0.689. The molecule has 0 aliphatic heterocycles. The summed E-state index contributed by atoms with van der Waals surface area (Å²) in [5, 5.41) is 0. The molecule has 0 bridgehead atoms. The molecule has 1 unspecified atom stereocenters. The van der Waals surface area contributed by atoms with Crippen LogP contribution in [0.3, 0.4) is 0 Å². The van der Waals surface area contributed by atoms with E-state index in [0.717, 1.165) is 135 Å². The van der Waals surface area contributed by atoms with E-state index >= 15 is 0 Å². The van der Waals surface area contributed by atoms with Crippen molar-refractivity contribution in [3.8, 4) is 0 Å². The van der Waals surface area contributed by atoms with Crippen molar-refractivity contribution in [1.29, 1.82) is 0 Å². The van der Waals surface area contributed by atoms with Crippen LogP contribution in [0.1, 0.15) is 310 Å². The lowest BCUT2D eigenvalue weighted by molar-refractivity contribution is -0.167. The highest BCUT2D eigenvalue weighted by molar-refractivity contribution is 5.71. The maximum Gasteiger partial charge on any atom is 0.306 e. The molecule has 0 saturated carbocycles. The minimum atomic E-state index is -0.797. The van der Waals surface area contributed by atoms with E-state index < -0.39 is 6.10 Å². The van der Waals surface area contributed by atoms with Crippen molar-refractivity contribution in [2.45, 2.75) is 316 Å². The molecule has 0 aromatic carbocycles. The average molecular weight is 1110 g/mol. The number of esters is 3. The normalized spacial score (nSPS) is 12.9. The molecule has 0 aromatic rings. The van der Waals surface area contributed by atoms with E-state index in [1.54, 1.807) is 0 Å². The highest BCUT2D eigenvalue weighted by Crippen LogP contribution is 2.16. The molecular formula is C74H124O6. The van der Waals surface area contributed by atoms with Gasteiger partial charge in [-0.05, 0) is 128 Å². The fourth-order valence-corrected chi connectivity index (χ4v) is 9.22. The number of rotatable bonds is 60. The van der Waals surface area contributed by atoms with Gasteiger partial charge in [-0.25, -0.2) is 0 Å². The van der Waals surface area contributed by atoms with Crippen LogP contribution in [0.25, 0.3) is 0 Å². The number of allylic oxidation sites excluding steroid dienone is 20. The van der Waals surface area contributed by atoms with Crippen LogP contribution in [0.4, 0.5) is 0 Å². The van der Waals surface area contributed by atoms with Gasteiger partial charge in [0.2, 0.25) is 0 Å². The van der Waals surface area contributed by atoms with Gasteiger partial charge in [0.1, 0.15) is 13.2 Å². The summed E-state index contributed by atoms with van der Waals surface area (Å²) in [6.07, 6.45) is 93.7. The monoisotopic (exact) mass is 1110 g/mol. The largest absolute Gasteiger partial charge is 0.462 e. The quantitative estimate of drug-likeness (QED) is 0.0261. The Morgan fingerprint density at radius 3 is 0.787 bits per heavy atom. The van der Waals surface area contributed by atoms with Crippen molar-refractivity contribution < 1.29 is 28.6 Å². The second kappa shape index (κ2) is 67.3. The summed E-state index contributed by atoms with van der Waals surface area (Å²) in [5.41, 5.74) is 0. The van der Waals surface area contributed by atoms with Crippen LogP contribution in [-0.2, 0) is 28.6 Å². The molecule has 0 amide bonds. The van der Waals surface area contributed by atoms with Crippen LogP contribution >= 0.6 is 0 Å². The van der Waals surface area contributed by atoms with Crippen molar-refractivity contribution in [2.24, 2.45) is 0 Å². The van der Waals surface area contributed by atoms with Crippen molar-refractivity contribution in [3.05, 3.63) is 122 Å². The summed E-state index contributed by atoms with van der Waals surface area (Å²) in [7, 11) is 0. The Morgan fingerprint density at radius 2 is 0.487 bits per heavy atom. The average Bonchev–Trinajstić information content (AvgIpc) is 3.46. The summed E-state index contributed by atoms with van der Waals surface area (Å²) < 4.78 is 16.9. The van der Waals surface area contributed by atoms with Gasteiger partial charge in [-0.2, -0.15) is 0 Å². The Labute approximate surface area is 494 Å². The predicted molar refractivity (Wildman–Crippen MR) is 348 cm³/mol. The second-order valence-corrected chi connectivity index (χ2v) is 22.0. The van der Waals surface area contributed by atoms with E-state index in [1.807, 2.05) is 0 Å². The molecule has 0 aliphatic carbocycles. The minimum Gasteiger partial charge on any atom is -0.462 e. The molecule has 0 aliphatic rings. The van der Waals surface area contributed by atoms with Gasteiger partial charge in [0, 0.05) is 19.3 Å². The predicted octanol–water partition coefficient (Wildman–Crippen LogP) is 23.2. The molecule has 0 heterocycles. The number of hydrogen-bond donors (Lipinski definition) is 0. The molecule has 0 fully saturated rings. The standard InChI is InChI=1S/C74H124O6/c1-4-7-10-13-16-19-22-25-27-29-30-31-32-33-34-35-36-37-38-39-40-41-42-43-44-45-47-49-52-55-58-61-64-67-73(76)79-70-71(69-78-72(75)66-63-60-57-54-51-48-24-21-18-15-12-9-6-3)80-74(77)68-65-62-59-56-53-50-46-28-26-23-20-17-14-11-8-5-2/h7,9-10,12,16,18-19,21,25,27-28,30-31,33-34,36-37,46,48,51,71H,4-6,8,11,13-15,17,20,22-24,26,29,32,35,38-45,47,49-50,52-70H2,1-3H3/b10-7-,12-9-,19-16-,21-18-,27-25-,31-30-,34-33-,37-36-,46-28-,51-48-. The first-order chi connectivity index (χ1) is 39.5. The molecule has 0 saturated heterocycles. The summed E-state index contributed by atoms with van der Waals surface area (Å²) in [6.45, 7) is 6.39. The first kappa shape index (κ1) is 75.8. The zero-order valence-corrected chi connectivity index (χ0v) is 52.3. The van der Waals surface area contributed by atoms with E-state index in [-0.39, 0.29) is 31.1 Å². The van der Waals surface area contributed by atoms with Gasteiger partial charge in [-0.15, -0.1) is 0 Å². The number of hydrogen-bond acceptors (Lipinski definition) is 6. The summed E-state index contributed by atoms with van der Waals surface area (Å²) >= 11 is 0. The van der Waals surface area contributed by atoms with Crippen LogP contribution in [0, 0.1) is 0 Å². The molecule has 0 aromatic heterocycles. The van der Waals surface area contributed by atoms with Crippen molar-refractivity contribution in [2.75, 3.05) is 13.2 Å². The number of carbonyl (C=O) groups is 3. The van der Waals surface area contributed by atoms with Crippen LogP contribution in [0.5, 0.6) is 0 Å². The highest BCUT2D eigenvalue weighted by atomic mass is 16.6. The van der Waals surface area contributed by atoms with Crippen LogP contribution in [0.15, 0.2) is 122 Å². The summed E-state index contributed by atoms with van der Waals surface area (Å²) in [5.74, 6) is -0.923. The van der Waals surface area contributed by atoms with Crippen molar-refractivity contribution in [1.82, 2.24) is 0 Å². The van der Waals surface area contributed by atoms with Crippen LogP contribution in [-0.4, -0.2) is 37.2 Å². The Hall–Kier alpha value is -4.19.